The molecule has 2 aromatic carbocycles. The molecule has 1 amide bonds. The number of carbonyl (C=O) groups is 1. The van der Waals surface area contributed by atoms with Gasteiger partial charge in [-0.05, 0) is 67.3 Å². The van der Waals surface area contributed by atoms with Crippen molar-refractivity contribution in [3.63, 3.8) is 0 Å². The van der Waals surface area contributed by atoms with Gasteiger partial charge in [-0.3, -0.25) is 9.52 Å². The third kappa shape index (κ3) is 4.86. The van der Waals surface area contributed by atoms with Crippen LogP contribution in [-0.4, -0.2) is 42.3 Å². The Morgan fingerprint density at radius 2 is 1.81 bits per heavy atom. The molecule has 0 unspecified atom stereocenters. The molecule has 1 fully saturated rings. The Hall–Kier alpha value is -3.63. The molecule has 0 atom stereocenters. The molecule has 0 radical (unpaired) electrons. The number of hydrogen-bond donors (Lipinski definition) is 1. The van der Waals surface area contributed by atoms with Crippen LogP contribution in [0.15, 0.2) is 71.9 Å². The Balaban J connectivity index is 1.22. The van der Waals surface area contributed by atoms with E-state index in [9.17, 15) is 17.6 Å². The molecule has 0 bridgehead atoms. The predicted octanol–water partition coefficient (Wildman–Crippen LogP) is 5.32. The molecule has 1 aliphatic heterocycles. The molecule has 0 spiro atoms. The number of amides is 1. The molecular formula is C27H23FN4O3S2. The smallest absolute Gasteiger partial charge is 0.261 e. The van der Waals surface area contributed by atoms with Crippen LogP contribution in [0.3, 0.4) is 0 Å². The summed E-state index contributed by atoms with van der Waals surface area (Å²) in [5.41, 5.74) is 4.08. The first-order chi connectivity index (χ1) is 17.9. The number of thiophene rings is 1. The first kappa shape index (κ1) is 23.7. The van der Waals surface area contributed by atoms with Crippen molar-refractivity contribution in [1.29, 1.82) is 0 Å². The van der Waals surface area contributed by atoms with Gasteiger partial charge in [0.15, 0.2) is 0 Å². The fourth-order valence-electron chi connectivity index (χ4n) is 4.42. The molecule has 0 saturated heterocycles. The molecule has 10 heteroatoms. The maximum atomic E-state index is 13.2. The van der Waals surface area contributed by atoms with Crippen LogP contribution in [0, 0.1) is 11.7 Å². The second-order valence-corrected chi connectivity index (χ2v) is 12.0. The molecule has 3 heterocycles. The second kappa shape index (κ2) is 9.35. The van der Waals surface area contributed by atoms with Crippen LogP contribution < -0.4 is 4.72 Å². The first-order valence-corrected chi connectivity index (χ1v) is 14.3. The van der Waals surface area contributed by atoms with E-state index in [1.165, 1.54) is 24.0 Å². The molecule has 1 aliphatic carbocycles. The summed E-state index contributed by atoms with van der Waals surface area (Å²) < 4.78 is 41.9. The average Bonchev–Trinajstić information content (AvgIpc) is 3.66. The number of nitrogens with one attached hydrogen (secondary N) is 1. The van der Waals surface area contributed by atoms with Crippen LogP contribution in [0.5, 0.6) is 0 Å². The molecule has 1 N–H and O–H groups in total. The molecule has 2 aliphatic rings. The highest BCUT2D eigenvalue weighted by Crippen LogP contribution is 2.38. The van der Waals surface area contributed by atoms with Crippen LogP contribution >= 0.6 is 11.3 Å². The number of halogens is 1. The summed E-state index contributed by atoms with van der Waals surface area (Å²) in [6, 6.07) is 13.7. The van der Waals surface area contributed by atoms with Crippen molar-refractivity contribution < 1.29 is 17.6 Å². The van der Waals surface area contributed by atoms with Gasteiger partial charge in [-0.25, -0.2) is 22.8 Å². The molecule has 2 aromatic heterocycles. The van der Waals surface area contributed by atoms with Gasteiger partial charge in [-0.15, -0.1) is 11.3 Å². The highest BCUT2D eigenvalue weighted by molar-refractivity contribution is 7.92. The summed E-state index contributed by atoms with van der Waals surface area (Å²) in [4.78, 5) is 24.4. The highest BCUT2D eigenvalue weighted by atomic mass is 32.2. The van der Waals surface area contributed by atoms with E-state index in [2.05, 4.69) is 26.8 Å². The minimum absolute atomic E-state index is 0.0151. The average molecular weight is 535 g/mol. The predicted molar refractivity (Wildman–Crippen MR) is 142 cm³/mol. The SMILES string of the molecule is O=C(C1CC1)N1CC=C(c2cc3ncnc(-c4ccc(NS(=O)(=O)c5ccc(F)cc5)cc4)c3s2)CC1. The fraction of sp³-hybridized carbons (Fsp3) is 0.222. The van der Waals surface area contributed by atoms with Gasteiger partial charge in [0.2, 0.25) is 5.91 Å². The van der Waals surface area contributed by atoms with Gasteiger partial charge in [-0.2, -0.15) is 0 Å². The summed E-state index contributed by atoms with van der Waals surface area (Å²) >= 11 is 1.63. The standard InChI is InChI=1S/C27H23FN4O3S2/c28-20-5-9-22(10-6-20)37(34,35)31-21-7-3-18(4-8-21)25-26-23(29-16-30-25)15-24(36-26)17-11-13-32(14-12-17)27(33)19-1-2-19/h3-11,15-16,19,31H,1-2,12-14H2. The van der Waals surface area contributed by atoms with E-state index in [4.69, 9.17) is 0 Å². The maximum Gasteiger partial charge on any atom is 0.261 e. The van der Waals surface area contributed by atoms with Crippen molar-refractivity contribution in [1.82, 2.24) is 14.9 Å². The van der Waals surface area contributed by atoms with Crippen LogP contribution in [0.25, 0.3) is 27.0 Å². The van der Waals surface area contributed by atoms with Crippen molar-refractivity contribution in [2.75, 3.05) is 17.8 Å². The quantitative estimate of drug-likeness (QED) is 0.361. The van der Waals surface area contributed by atoms with Gasteiger partial charge in [0.25, 0.3) is 10.0 Å². The number of fused-ring (bicyclic) bond motifs is 1. The van der Waals surface area contributed by atoms with Gasteiger partial charge in [0, 0.05) is 35.1 Å². The zero-order valence-corrected chi connectivity index (χ0v) is 21.4. The Morgan fingerprint density at radius 1 is 1.05 bits per heavy atom. The third-order valence-electron chi connectivity index (χ3n) is 6.61. The lowest BCUT2D eigenvalue weighted by atomic mass is 10.1. The summed E-state index contributed by atoms with van der Waals surface area (Å²) in [5, 5.41) is 0. The second-order valence-electron chi connectivity index (χ2n) is 9.22. The number of aromatic nitrogens is 2. The fourth-order valence-corrected chi connectivity index (χ4v) is 6.67. The van der Waals surface area contributed by atoms with Crippen molar-refractivity contribution >= 4 is 48.7 Å². The van der Waals surface area contributed by atoms with Gasteiger partial charge in [-0.1, -0.05) is 18.2 Å². The molecule has 6 rings (SSSR count). The Bertz CT molecular complexity index is 1630. The molecule has 4 aromatic rings. The van der Waals surface area contributed by atoms with Crippen LogP contribution in [0.4, 0.5) is 10.1 Å². The first-order valence-electron chi connectivity index (χ1n) is 12.0. The topological polar surface area (TPSA) is 92.3 Å². The monoisotopic (exact) mass is 534 g/mol. The lowest BCUT2D eigenvalue weighted by Gasteiger charge is -2.26. The minimum Gasteiger partial charge on any atom is -0.338 e. The normalized spacial score (nSPS) is 16.0. The molecule has 37 heavy (non-hydrogen) atoms. The highest BCUT2D eigenvalue weighted by Gasteiger charge is 2.33. The van der Waals surface area contributed by atoms with Gasteiger partial charge < -0.3 is 4.90 Å². The number of carbonyl (C=O) groups excluding carboxylic acids is 1. The van der Waals surface area contributed by atoms with Crippen LogP contribution in [0.1, 0.15) is 24.1 Å². The van der Waals surface area contributed by atoms with Crippen molar-refractivity contribution in [2.24, 2.45) is 5.92 Å². The number of nitrogens with zero attached hydrogens (tertiary/aromatic N) is 3. The van der Waals surface area contributed by atoms with E-state index in [-0.39, 0.29) is 16.7 Å². The zero-order chi connectivity index (χ0) is 25.6. The van der Waals surface area contributed by atoms with E-state index in [0.29, 0.717) is 12.2 Å². The Labute approximate surface area is 217 Å². The van der Waals surface area contributed by atoms with Crippen molar-refractivity contribution in [3.05, 3.63) is 77.7 Å². The van der Waals surface area contributed by atoms with E-state index < -0.39 is 15.8 Å². The maximum absolute atomic E-state index is 13.2. The van der Waals surface area contributed by atoms with E-state index >= 15 is 0 Å². The lowest BCUT2D eigenvalue weighted by molar-refractivity contribution is -0.132. The van der Waals surface area contributed by atoms with Gasteiger partial charge >= 0.3 is 0 Å². The minimum atomic E-state index is -3.83. The number of sulfonamides is 1. The molecule has 188 valence electrons. The van der Waals surface area contributed by atoms with E-state index in [1.54, 1.807) is 23.5 Å². The van der Waals surface area contributed by atoms with Crippen molar-refractivity contribution in [2.45, 2.75) is 24.2 Å². The van der Waals surface area contributed by atoms with E-state index in [1.807, 2.05) is 17.0 Å². The Morgan fingerprint density at radius 3 is 2.49 bits per heavy atom. The lowest BCUT2D eigenvalue weighted by Crippen LogP contribution is -2.35. The van der Waals surface area contributed by atoms with Crippen LogP contribution in [-0.2, 0) is 14.8 Å². The molecule has 7 nitrogen and oxygen atoms in total. The number of rotatable bonds is 6. The van der Waals surface area contributed by atoms with Crippen LogP contribution in [0.2, 0.25) is 0 Å². The zero-order valence-electron chi connectivity index (χ0n) is 19.7. The summed E-state index contributed by atoms with van der Waals surface area (Å²) in [5.74, 6) is 0.0199. The summed E-state index contributed by atoms with van der Waals surface area (Å²) in [6.45, 7) is 1.38. The number of benzene rings is 2. The number of anilines is 1. The van der Waals surface area contributed by atoms with Gasteiger partial charge in [0.1, 0.15) is 12.1 Å². The Kier molecular flexibility index (Phi) is 6.00. The molecular weight excluding hydrogens is 511 g/mol. The molecule has 1 saturated carbocycles. The third-order valence-corrected chi connectivity index (χ3v) is 9.21. The largest absolute Gasteiger partial charge is 0.338 e. The summed E-state index contributed by atoms with van der Waals surface area (Å²) in [6.07, 6.45) is 6.53. The summed E-state index contributed by atoms with van der Waals surface area (Å²) in [7, 11) is -3.83. The number of hydrogen-bond acceptors (Lipinski definition) is 6. The van der Waals surface area contributed by atoms with Crippen molar-refractivity contribution in [3.8, 4) is 11.3 Å². The van der Waals surface area contributed by atoms with Gasteiger partial charge in [0.05, 0.1) is 20.8 Å². The van der Waals surface area contributed by atoms with E-state index in [0.717, 1.165) is 64.3 Å².